The van der Waals surface area contributed by atoms with Crippen molar-refractivity contribution in [2.45, 2.75) is 6.42 Å². The van der Waals surface area contributed by atoms with Gasteiger partial charge in [-0.1, -0.05) is 6.07 Å². The molecule has 0 aliphatic rings. The lowest BCUT2D eigenvalue weighted by atomic mass is 10.3. The molecule has 0 saturated carbocycles. The molecule has 2 aromatic rings. The van der Waals surface area contributed by atoms with Crippen molar-refractivity contribution in [3.05, 3.63) is 34.0 Å². The third-order valence-corrected chi connectivity index (χ3v) is 3.33. The summed E-state index contributed by atoms with van der Waals surface area (Å²) >= 11 is 3.44. The van der Waals surface area contributed by atoms with Crippen molar-refractivity contribution in [1.29, 1.82) is 0 Å². The van der Waals surface area contributed by atoms with Crippen LogP contribution in [-0.2, 0) is 6.42 Å². The first-order valence-corrected chi connectivity index (χ1v) is 5.87. The van der Waals surface area contributed by atoms with Crippen LogP contribution < -0.4 is 5.32 Å². The van der Waals surface area contributed by atoms with E-state index in [4.69, 9.17) is 0 Å². The average Bonchev–Trinajstić information content (AvgIpc) is 2.75. The van der Waals surface area contributed by atoms with E-state index in [1.54, 1.807) is 22.7 Å². The number of rotatable bonds is 4. The minimum absolute atomic E-state index is 0.966. The van der Waals surface area contributed by atoms with Gasteiger partial charge in [-0.15, -0.1) is 22.7 Å². The van der Waals surface area contributed by atoms with Crippen LogP contribution in [0.5, 0.6) is 0 Å². The Morgan fingerprint density at radius 2 is 2.31 bits per heavy atom. The molecule has 0 unspecified atom stereocenters. The second-order valence-electron chi connectivity index (χ2n) is 2.59. The van der Waals surface area contributed by atoms with E-state index in [9.17, 15) is 0 Å². The van der Waals surface area contributed by atoms with Crippen LogP contribution in [0.1, 0.15) is 4.88 Å². The van der Waals surface area contributed by atoms with Crippen LogP contribution >= 0.6 is 22.7 Å². The predicted molar refractivity (Wildman–Crippen MR) is 58.6 cm³/mol. The quantitative estimate of drug-likeness (QED) is 0.839. The van der Waals surface area contributed by atoms with E-state index < -0.39 is 0 Å². The molecule has 0 spiro atoms. The van der Waals surface area contributed by atoms with Gasteiger partial charge in [0.1, 0.15) is 0 Å². The number of nitrogens with zero attached hydrogens (tertiary/aromatic N) is 1. The van der Waals surface area contributed by atoms with Crippen molar-refractivity contribution in [3.63, 3.8) is 0 Å². The highest BCUT2D eigenvalue weighted by Crippen LogP contribution is 2.12. The highest BCUT2D eigenvalue weighted by molar-refractivity contribution is 7.13. The van der Waals surface area contributed by atoms with E-state index in [0.29, 0.717) is 0 Å². The third-order valence-electron chi connectivity index (χ3n) is 1.66. The zero-order valence-corrected chi connectivity index (χ0v) is 8.70. The van der Waals surface area contributed by atoms with Crippen LogP contribution in [0.4, 0.5) is 5.13 Å². The van der Waals surface area contributed by atoms with E-state index in [0.717, 1.165) is 18.1 Å². The fraction of sp³-hybridized carbons (Fsp3) is 0.222. The van der Waals surface area contributed by atoms with Crippen LogP contribution in [0.2, 0.25) is 0 Å². The van der Waals surface area contributed by atoms with Crippen molar-refractivity contribution in [2.75, 3.05) is 11.9 Å². The molecule has 0 atom stereocenters. The molecule has 0 aliphatic heterocycles. The van der Waals surface area contributed by atoms with E-state index in [1.165, 1.54) is 4.88 Å². The summed E-state index contributed by atoms with van der Waals surface area (Å²) in [7, 11) is 0. The Labute approximate surface area is 85.3 Å². The maximum absolute atomic E-state index is 4.15. The third kappa shape index (κ3) is 2.54. The fourth-order valence-electron chi connectivity index (χ4n) is 1.06. The van der Waals surface area contributed by atoms with E-state index in [1.807, 2.05) is 11.6 Å². The summed E-state index contributed by atoms with van der Waals surface area (Å²) < 4.78 is 0. The number of anilines is 1. The highest BCUT2D eigenvalue weighted by atomic mass is 32.1. The first-order chi connectivity index (χ1) is 6.45. The maximum atomic E-state index is 4.15. The molecule has 0 radical (unpaired) electrons. The van der Waals surface area contributed by atoms with Crippen LogP contribution in [-0.4, -0.2) is 11.5 Å². The van der Waals surface area contributed by atoms with Gasteiger partial charge in [0.15, 0.2) is 5.13 Å². The summed E-state index contributed by atoms with van der Waals surface area (Å²) in [6, 6.07) is 4.25. The standard InChI is InChI=1S/C9H10N2S2/c1-2-8(12-6-1)3-4-10-9-11-5-7-13-9/h1-2,5-7H,3-4H2,(H,10,11). The van der Waals surface area contributed by atoms with Crippen LogP contribution in [0.3, 0.4) is 0 Å². The molecule has 0 fully saturated rings. The Hall–Kier alpha value is -0.870. The van der Waals surface area contributed by atoms with Crippen molar-refractivity contribution in [3.8, 4) is 0 Å². The minimum Gasteiger partial charge on any atom is -0.361 e. The SMILES string of the molecule is c1csc(CCNc2nccs2)c1. The van der Waals surface area contributed by atoms with Crippen molar-refractivity contribution in [2.24, 2.45) is 0 Å². The monoisotopic (exact) mass is 210 g/mol. The zero-order chi connectivity index (χ0) is 8.93. The first kappa shape index (κ1) is 8.72. The average molecular weight is 210 g/mol. The zero-order valence-electron chi connectivity index (χ0n) is 7.06. The lowest BCUT2D eigenvalue weighted by molar-refractivity contribution is 1.04. The normalized spacial score (nSPS) is 10.2. The summed E-state index contributed by atoms with van der Waals surface area (Å²) in [6.45, 7) is 0.966. The van der Waals surface area contributed by atoms with Gasteiger partial charge in [-0.3, -0.25) is 0 Å². The summed E-state index contributed by atoms with van der Waals surface area (Å²) in [5.41, 5.74) is 0. The van der Waals surface area contributed by atoms with E-state index in [-0.39, 0.29) is 0 Å². The number of thiazole rings is 1. The molecule has 4 heteroatoms. The van der Waals surface area contributed by atoms with Gasteiger partial charge < -0.3 is 5.32 Å². The fourth-order valence-corrected chi connectivity index (χ4v) is 2.32. The van der Waals surface area contributed by atoms with Crippen LogP contribution in [0, 0.1) is 0 Å². The molecule has 0 aliphatic carbocycles. The second-order valence-corrected chi connectivity index (χ2v) is 4.52. The molecule has 0 saturated heterocycles. The molecule has 2 heterocycles. The molecule has 1 N–H and O–H groups in total. The molecule has 0 bridgehead atoms. The number of thiophene rings is 1. The molecule has 68 valence electrons. The summed E-state index contributed by atoms with van der Waals surface area (Å²) in [5.74, 6) is 0. The van der Waals surface area contributed by atoms with Gasteiger partial charge in [0.25, 0.3) is 0 Å². The largest absolute Gasteiger partial charge is 0.361 e. The van der Waals surface area contributed by atoms with Gasteiger partial charge in [0.05, 0.1) is 0 Å². The van der Waals surface area contributed by atoms with Crippen molar-refractivity contribution >= 4 is 27.8 Å². The lowest BCUT2D eigenvalue weighted by Gasteiger charge is -1.99. The lowest BCUT2D eigenvalue weighted by Crippen LogP contribution is -2.02. The van der Waals surface area contributed by atoms with E-state index in [2.05, 4.69) is 27.8 Å². The minimum atomic E-state index is 0.966. The van der Waals surface area contributed by atoms with E-state index >= 15 is 0 Å². The molecular formula is C9H10N2S2. The number of aromatic nitrogens is 1. The van der Waals surface area contributed by atoms with Gasteiger partial charge in [-0.25, -0.2) is 4.98 Å². The smallest absolute Gasteiger partial charge is 0.182 e. The van der Waals surface area contributed by atoms with Gasteiger partial charge in [0.2, 0.25) is 0 Å². The van der Waals surface area contributed by atoms with Crippen molar-refractivity contribution < 1.29 is 0 Å². The Morgan fingerprint density at radius 1 is 1.31 bits per heavy atom. The Kier molecular flexibility index (Phi) is 2.94. The Morgan fingerprint density at radius 3 is 3.00 bits per heavy atom. The van der Waals surface area contributed by atoms with Crippen LogP contribution in [0.15, 0.2) is 29.1 Å². The highest BCUT2D eigenvalue weighted by Gasteiger charge is 1.95. The molecule has 2 nitrogen and oxygen atoms in total. The molecular weight excluding hydrogens is 200 g/mol. The van der Waals surface area contributed by atoms with Crippen LogP contribution in [0.25, 0.3) is 0 Å². The molecule has 0 aromatic carbocycles. The summed E-state index contributed by atoms with van der Waals surface area (Å²) in [6.07, 6.45) is 2.90. The number of hydrogen-bond acceptors (Lipinski definition) is 4. The Balaban J connectivity index is 1.76. The van der Waals surface area contributed by atoms with Gasteiger partial charge in [-0.2, -0.15) is 0 Å². The molecule has 0 amide bonds. The summed E-state index contributed by atoms with van der Waals surface area (Å²) in [4.78, 5) is 5.57. The number of nitrogens with one attached hydrogen (secondary N) is 1. The second kappa shape index (κ2) is 4.39. The van der Waals surface area contributed by atoms with Gasteiger partial charge in [0, 0.05) is 23.0 Å². The van der Waals surface area contributed by atoms with Crippen molar-refractivity contribution in [1.82, 2.24) is 4.98 Å². The van der Waals surface area contributed by atoms with Gasteiger partial charge >= 0.3 is 0 Å². The molecule has 2 rings (SSSR count). The Bertz CT molecular complexity index is 292. The summed E-state index contributed by atoms with van der Waals surface area (Å²) in [5, 5.41) is 8.38. The topological polar surface area (TPSA) is 24.9 Å². The first-order valence-electron chi connectivity index (χ1n) is 4.11. The van der Waals surface area contributed by atoms with Gasteiger partial charge in [-0.05, 0) is 17.9 Å². The predicted octanol–water partition coefficient (Wildman–Crippen LogP) is 2.86. The molecule has 2 aromatic heterocycles. The number of hydrogen-bond donors (Lipinski definition) is 1. The maximum Gasteiger partial charge on any atom is 0.182 e. The molecule has 13 heavy (non-hydrogen) atoms.